The molecule has 3 aromatic rings. The third-order valence-electron chi connectivity index (χ3n) is 6.33. The number of aromatic nitrogens is 2. The molecule has 2 amide bonds. The van der Waals surface area contributed by atoms with Crippen LogP contribution in [0, 0.1) is 0 Å². The number of nitrogens with zero attached hydrogens (tertiary/aromatic N) is 2. The Morgan fingerprint density at radius 3 is 2.59 bits per heavy atom. The van der Waals surface area contributed by atoms with E-state index in [0.717, 1.165) is 17.6 Å². The van der Waals surface area contributed by atoms with Gasteiger partial charge in [-0.25, -0.2) is 0 Å². The number of aromatic amines is 1. The second kappa shape index (κ2) is 8.62. The maximum atomic E-state index is 13.1. The number of nitrogens with one attached hydrogen (secondary N) is 3. The van der Waals surface area contributed by atoms with Gasteiger partial charge < -0.3 is 15.5 Å². The lowest BCUT2D eigenvalue weighted by Crippen LogP contribution is -2.38. The van der Waals surface area contributed by atoms with Crippen molar-refractivity contribution in [1.82, 2.24) is 9.97 Å². The van der Waals surface area contributed by atoms with Gasteiger partial charge in [0.2, 0.25) is 17.8 Å². The van der Waals surface area contributed by atoms with Gasteiger partial charge in [-0.05, 0) is 42.2 Å². The number of allylic oxidation sites excluding steroid dienone is 1. The highest BCUT2D eigenvalue weighted by atomic mass is 16.2. The van der Waals surface area contributed by atoms with Crippen LogP contribution in [0.15, 0.2) is 59.9 Å². The minimum Gasteiger partial charge on any atom is -0.338 e. The third-order valence-corrected chi connectivity index (χ3v) is 6.33. The number of H-pyrrole nitrogens is 1. The van der Waals surface area contributed by atoms with Crippen LogP contribution >= 0.6 is 0 Å². The molecule has 0 radical (unpaired) electrons. The number of benzene rings is 2. The predicted octanol–water partition coefficient (Wildman–Crippen LogP) is 3.43. The average Bonchev–Trinajstić information content (AvgIpc) is 2.83. The molecule has 34 heavy (non-hydrogen) atoms. The van der Waals surface area contributed by atoms with Crippen LogP contribution in [-0.2, 0) is 22.6 Å². The first-order valence-corrected chi connectivity index (χ1v) is 11.2. The fraction of sp³-hybridized carbons (Fsp3) is 0.231. The Morgan fingerprint density at radius 2 is 1.85 bits per heavy atom. The number of anilines is 3. The Labute approximate surface area is 196 Å². The van der Waals surface area contributed by atoms with E-state index in [9.17, 15) is 14.4 Å². The summed E-state index contributed by atoms with van der Waals surface area (Å²) >= 11 is 0. The van der Waals surface area contributed by atoms with E-state index in [1.807, 2.05) is 36.1 Å². The fourth-order valence-electron chi connectivity index (χ4n) is 4.48. The molecular formula is C26H25N5O3. The van der Waals surface area contributed by atoms with Gasteiger partial charge in [0.15, 0.2) is 0 Å². The summed E-state index contributed by atoms with van der Waals surface area (Å²) in [4.78, 5) is 47.9. The summed E-state index contributed by atoms with van der Waals surface area (Å²) in [7, 11) is 0. The van der Waals surface area contributed by atoms with E-state index in [0.29, 0.717) is 24.7 Å². The molecule has 2 aromatic carbocycles. The topological polar surface area (TPSA) is 107 Å². The fourth-order valence-corrected chi connectivity index (χ4v) is 4.48. The molecule has 8 nitrogen and oxygen atoms in total. The molecule has 172 valence electrons. The van der Waals surface area contributed by atoms with E-state index < -0.39 is 17.4 Å². The standard InChI is InChI=1S/C26H25N5O3/c1-15(2)16-7-9-19(10-8-16)27-24(33)20-13-21(32)28-23-22(20)25(34)30-26(29-23)31-12-11-17-5-3-4-6-18(17)14-31/h3-10,20H,1,11-14H2,2H3,(H,27,33)(H2,28,29,30,32,34)/t20-/m0/s1. The van der Waals surface area contributed by atoms with Crippen LogP contribution in [0.2, 0.25) is 0 Å². The minimum absolute atomic E-state index is 0.121. The smallest absolute Gasteiger partial charge is 0.258 e. The summed E-state index contributed by atoms with van der Waals surface area (Å²) in [5.74, 6) is -1.18. The van der Waals surface area contributed by atoms with E-state index in [4.69, 9.17) is 0 Å². The Hall–Kier alpha value is -4.20. The molecule has 0 spiro atoms. The Balaban J connectivity index is 1.41. The summed E-state index contributed by atoms with van der Waals surface area (Å²) in [5.41, 5.74) is 4.67. The van der Waals surface area contributed by atoms with Crippen LogP contribution in [0.3, 0.4) is 0 Å². The monoisotopic (exact) mass is 455 g/mol. The van der Waals surface area contributed by atoms with Crippen LogP contribution in [-0.4, -0.2) is 28.3 Å². The van der Waals surface area contributed by atoms with E-state index >= 15 is 0 Å². The summed E-state index contributed by atoms with van der Waals surface area (Å²) in [6.45, 7) is 7.11. The maximum absolute atomic E-state index is 13.1. The molecule has 1 aromatic heterocycles. The van der Waals surface area contributed by atoms with Gasteiger partial charge in [0, 0.05) is 25.2 Å². The normalized spacial score (nSPS) is 16.8. The quantitative estimate of drug-likeness (QED) is 0.559. The molecule has 2 aliphatic heterocycles. The molecule has 5 rings (SSSR count). The van der Waals surface area contributed by atoms with Crippen molar-refractivity contribution < 1.29 is 9.59 Å². The minimum atomic E-state index is -0.933. The first kappa shape index (κ1) is 21.6. The van der Waals surface area contributed by atoms with Crippen LogP contribution in [0.5, 0.6) is 0 Å². The average molecular weight is 456 g/mol. The summed E-state index contributed by atoms with van der Waals surface area (Å²) in [6, 6.07) is 15.4. The Morgan fingerprint density at radius 1 is 1.12 bits per heavy atom. The van der Waals surface area contributed by atoms with Gasteiger partial charge in [0.1, 0.15) is 5.82 Å². The summed E-state index contributed by atoms with van der Waals surface area (Å²) in [6.07, 6.45) is 0.711. The molecule has 0 unspecified atom stereocenters. The van der Waals surface area contributed by atoms with E-state index in [1.165, 1.54) is 11.1 Å². The second-order valence-corrected chi connectivity index (χ2v) is 8.74. The maximum Gasteiger partial charge on any atom is 0.258 e. The highest BCUT2D eigenvalue weighted by Crippen LogP contribution is 2.31. The van der Waals surface area contributed by atoms with Gasteiger partial charge in [-0.15, -0.1) is 0 Å². The lowest BCUT2D eigenvalue weighted by atomic mass is 9.92. The number of hydrogen-bond acceptors (Lipinski definition) is 5. The first-order chi connectivity index (χ1) is 16.4. The molecule has 3 heterocycles. The van der Waals surface area contributed by atoms with Gasteiger partial charge in [-0.2, -0.15) is 4.98 Å². The van der Waals surface area contributed by atoms with Gasteiger partial charge in [-0.1, -0.05) is 48.6 Å². The Kier molecular flexibility index (Phi) is 5.49. The summed E-state index contributed by atoms with van der Waals surface area (Å²) < 4.78 is 0. The van der Waals surface area contributed by atoms with Crippen molar-refractivity contribution in [3.05, 3.63) is 87.7 Å². The molecule has 1 atom stereocenters. The van der Waals surface area contributed by atoms with Crippen LogP contribution in [0.4, 0.5) is 17.5 Å². The van der Waals surface area contributed by atoms with Crippen molar-refractivity contribution in [2.75, 3.05) is 22.1 Å². The molecular weight excluding hydrogens is 430 g/mol. The number of amides is 2. The molecule has 8 heteroatoms. The van der Waals surface area contributed by atoms with Crippen molar-refractivity contribution >= 4 is 34.8 Å². The van der Waals surface area contributed by atoms with Crippen molar-refractivity contribution in [3.8, 4) is 0 Å². The number of fused-ring (bicyclic) bond motifs is 2. The molecule has 0 bridgehead atoms. The highest BCUT2D eigenvalue weighted by molar-refractivity contribution is 6.04. The summed E-state index contributed by atoms with van der Waals surface area (Å²) in [5, 5.41) is 5.50. The zero-order chi connectivity index (χ0) is 23.8. The number of hydrogen-bond donors (Lipinski definition) is 3. The Bertz CT molecular complexity index is 1360. The lowest BCUT2D eigenvalue weighted by Gasteiger charge is -2.30. The molecule has 3 N–H and O–H groups in total. The SMILES string of the molecule is C=C(C)c1ccc(NC(=O)[C@H]2CC(=O)Nc3nc(N4CCc5ccccc5C4)[nH]c(=O)c32)cc1. The molecule has 2 aliphatic rings. The van der Waals surface area contributed by atoms with Crippen LogP contribution in [0.1, 0.15) is 41.5 Å². The molecule has 0 saturated heterocycles. The van der Waals surface area contributed by atoms with E-state index in [2.05, 4.69) is 39.3 Å². The van der Waals surface area contributed by atoms with Gasteiger partial charge in [0.25, 0.3) is 5.56 Å². The zero-order valence-electron chi connectivity index (χ0n) is 18.9. The predicted molar refractivity (Wildman–Crippen MR) is 132 cm³/mol. The third kappa shape index (κ3) is 4.10. The van der Waals surface area contributed by atoms with Crippen molar-refractivity contribution in [3.63, 3.8) is 0 Å². The molecule has 0 fully saturated rings. The van der Waals surface area contributed by atoms with E-state index in [-0.39, 0.29) is 23.7 Å². The number of rotatable bonds is 4. The largest absolute Gasteiger partial charge is 0.338 e. The first-order valence-electron chi connectivity index (χ1n) is 11.2. The van der Waals surface area contributed by atoms with Gasteiger partial charge >= 0.3 is 0 Å². The van der Waals surface area contributed by atoms with Crippen LogP contribution in [0.25, 0.3) is 5.57 Å². The lowest BCUT2D eigenvalue weighted by molar-refractivity contribution is -0.123. The van der Waals surface area contributed by atoms with Gasteiger partial charge in [-0.3, -0.25) is 19.4 Å². The zero-order valence-corrected chi connectivity index (χ0v) is 18.9. The molecule has 0 aliphatic carbocycles. The van der Waals surface area contributed by atoms with Gasteiger partial charge in [0.05, 0.1) is 11.5 Å². The van der Waals surface area contributed by atoms with Crippen molar-refractivity contribution in [1.29, 1.82) is 0 Å². The molecule has 0 saturated carbocycles. The number of carbonyl (C=O) groups is 2. The van der Waals surface area contributed by atoms with Crippen molar-refractivity contribution in [2.45, 2.75) is 32.2 Å². The highest BCUT2D eigenvalue weighted by Gasteiger charge is 2.35. The number of carbonyl (C=O) groups excluding carboxylic acids is 2. The second-order valence-electron chi connectivity index (χ2n) is 8.74. The van der Waals surface area contributed by atoms with Crippen molar-refractivity contribution in [2.24, 2.45) is 0 Å². The van der Waals surface area contributed by atoms with Crippen LogP contribution < -0.4 is 21.1 Å². The van der Waals surface area contributed by atoms with E-state index in [1.54, 1.807) is 12.1 Å².